The molecule has 2 fully saturated rings. The van der Waals surface area contributed by atoms with Gasteiger partial charge in [0.05, 0.1) is 5.92 Å². The van der Waals surface area contributed by atoms with Crippen LogP contribution in [0.25, 0.3) is 0 Å². The standard InChI is InChI=1S/C20H27FN2O2/c1-13-4-3-5-18(14(13)2)23-12-16(10-19(23)24)20(25)22-11-15-6-8-17(21)9-7-15/h6-9,13-14,16,18H,3-5,10-12H2,1-2H3,(H,22,25)/t13-,14+,16+,18+/m0/s1. The van der Waals surface area contributed by atoms with Gasteiger partial charge in [-0.3, -0.25) is 9.59 Å². The van der Waals surface area contributed by atoms with Gasteiger partial charge < -0.3 is 10.2 Å². The lowest BCUT2D eigenvalue weighted by atomic mass is 9.77. The molecule has 2 aliphatic rings. The molecule has 0 aromatic heterocycles. The first-order valence-corrected chi connectivity index (χ1v) is 9.27. The van der Waals surface area contributed by atoms with Crippen molar-refractivity contribution in [1.29, 1.82) is 0 Å². The van der Waals surface area contributed by atoms with Gasteiger partial charge in [-0.1, -0.05) is 38.8 Å². The maximum atomic E-state index is 12.9. The van der Waals surface area contributed by atoms with Crippen LogP contribution in [0.4, 0.5) is 4.39 Å². The molecule has 1 saturated heterocycles. The Kier molecular flexibility index (Phi) is 5.40. The monoisotopic (exact) mass is 346 g/mol. The summed E-state index contributed by atoms with van der Waals surface area (Å²) in [6, 6.07) is 6.35. The first-order valence-electron chi connectivity index (χ1n) is 9.27. The van der Waals surface area contributed by atoms with Crippen LogP contribution in [0, 0.1) is 23.6 Å². The van der Waals surface area contributed by atoms with Gasteiger partial charge in [0.15, 0.2) is 0 Å². The topological polar surface area (TPSA) is 49.4 Å². The maximum absolute atomic E-state index is 12.9. The number of nitrogens with zero attached hydrogens (tertiary/aromatic N) is 1. The van der Waals surface area contributed by atoms with E-state index in [9.17, 15) is 14.0 Å². The maximum Gasteiger partial charge on any atom is 0.225 e. The zero-order valence-corrected chi connectivity index (χ0v) is 15.0. The smallest absolute Gasteiger partial charge is 0.225 e. The van der Waals surface area contributed by atoms with Crippen LogP contribution in [0.5, 0.6) is 0 Å². The Morgan fingerprint density at radius 2 is 1.96 bits per heavy atom. The quantitative estimate of drug-likeness (QED) is 0.911. The highest BCUT2D eigenvalue weighted by Gasteiger charge is 2.41. The fourth-order valence-corrected chi connectivity index (χ4v) is 4.16. The normalized spacial score (nSPS) is 29.7. The molecule has 1 aromatic carbocycles. The summed E-state index contributed by atoms with van der Waals surface area (Å²) in [4.78, 5) is 26.8. The highest BCUT2D eigenvalue weighted by atomic mass is 19.1. The van der Waals surface area contributed by atoms with Gasteiger partial charge in [0.25, 0.3) is 0 Å². The van der Waals surface area contributed by atoms with Gasteiger partial charge in [-0.25, -0.2) is 4.39 Å². The van der Waals surface area contributed by atoms with Crippen LogP contribution < -0.4 is 5.32 Å². The molecule has 1 aliphatic carbocycles. The summed E-state index contributed by atoms with van der Waals surface area (Å²) < 4.78 is 12.9. The molecule has 136 valence electrons. The summed E-state index contributed by atoms with van der Waals surface area (Å²) in [7, 11) is 0. The molecule has 0 bridgehead atoms. The minimum atomic E-state index is -0.289. The van der Waals surface area contributed by atoms with Gasteiger partial charge in [-0.05, 0) is 36.0 Å². The molecule has 3 rings (SSSR count). The SMILES string of the molecule is C[C@H]1[C@H](N2C[C@H](C(=O)NCc3ccc(F)cc3)CC2=O)CCC[C@@H]1C. The second-order valence-electron chi connectivity index (χ2n) is 7.63. The van der Waals surface area contributed by atoms with Crippen molar-refractivity contribution in [1.82, 2.24) is 10.2 Å². The lowest BCUT2D eigenvalue weighted by Crippen LogP contribution is -2.45. The third-order valence-corrected chi connectivity index (χ3v) is 5.97. The highest BCUT2D eigenvalue weighted by molar-refractivity contribution is 5.89. The van der Waals surface area contributed by atoms with Crippen molar-refractivity contribution in [2.24, 2.45) is 17.8 Å². The van der Waals surface area contributed by atoms with Crippen molar-refractivity contribution >= 4 is 11.8 Å². The van der Waals surface area contributed by atoms with Crippen molar-refractivity contribution in [2.75, 3.05) is 6.54 Å². The highest BCUT2D eigenvalue weighted by Crippen LogP contribution is 2.35. The Hall–Kier alpha value is -1.91. The fraction of sp³-hybridized carbons (Fsp3) is 0.600. The molecular formula is C20H27FN2O2. The molecule has 4 nitrogen and oxygen atoms in total. The zero-order chi connectivity index (χ0) is 18.0. The number of likely N-dealkylation sites (tertiary alicyclic amines) is 1. The van der Waals surface area contributed by atoms with E-state index in [1.807, 2.05) is 4.90 Å². The first-order chi connectivity index (χ1) is 12.0. The molecule has 1 aliphatic heterocycles. The van der Waals surface area contributed by atoms with Crippen LogP contribution >= 0.6 is 0 Å². The molecule has 25 heavy (non-hydrogen) atoms. The van der Waals surface area contributed by atoms with E-state index in [1.165, 1.54) is 18.6 Å². The van der Waals surface area contributed by atoms with Crippen LogP contribution in [-0.4, -0.2) is 29.3 Å². The number of carbonyl (C=O) groups excluding carboxylic acids is 2. The van der Waals surface area contributed by atoms with E-state index < -0.39 is 0 Å². The Morgan fingerprint density at radius 3 is 2.68 bits per heavy atom. The number of benzene rings is 1. The Morgan fingerprint density at radius 1 is 1.24 bits per heavy atom. The minimum absolute atomic E-state index is 0.0864. The van der Waals surface area contributed by atoms with E-state index in [1.54, 1.807) is 12.1 Å². The first kappa shape index (κ1) is 17.9. The van der Waals surface area contributed by atoms with Crippen LogP contribution in [0.15, 0.2) is 24.3 Å². The van der Waals surface area contributed by atoms with E-state index >= 15 is 0 Å². The number of hydrogen-bond acceptors (Lipinski definition) is 2. The molecule has 1 saturated carbocycles. The molecule has 5 heteroatoms. The number of rotatable bonds is 4. The summed E-state index contributed by atoms with van der Waals surface area (Å²) in [5, 5.41) is 2.88. The molecule has 0 radical (unpaired) electrons. The van der Waals surface area contributed by atoms with E-state index in [4.69, 9.17) is 0 Å². The van der Waals surface area contributed by atoms with Crippen molar-refractivity contribution < 1.29 is 14.0 Å². The van der Waals surface area contributed by atoms with Gasteiger partial charge in [-0.15, -0.1) is 0 Å². The van der Waals surface area contributed by atoms with Crippen molar-refractivity contribution in [2.45, 2.75) is 52.1 Å². The van der Waals surface area contributed by atoms with Crippen molar-refractivity contribution in [3.05, 3.63) is 35.6 Å². The molecule has 1 N–H and O–H groups in total. The zero-order valence-electron chi connectivity index (χ0n) is 15.0. The lowest BCUT2D eigenvalue weighted by molar-refractivity contribution is -0.132. The van der Waals surface area contributed by atoms with E-state index in [0.717, 1.165) is 18.4 Å². The molecule has 2 amide bonds. The van der Waals surface area contributed by atoms with Crippen molar-refractivity contribution in [3.8, 4) is 0 Å². The minimum Gasteiger partial charge on any atom is -0.352 e. The summed E-state index contributed by atoms with van der Waals surface area (Å²) in [6.45, 7) is 5.37. The van der Waals surface area contributed by atoms with Gasteiger partial charge in [0, 0.05) is 25.6 Å². The molecule has 0 spiro atoms. The van der Waals surface area contributed by atoms with Crippen LogP contribution in [0.2, 0.25) is 0 Å². The van der Waals surface area contributed by atoms with E-state index in [2.05, 4.69) is 19.2 Å². The van der Waals surface area contributed by atoms with Gasteiger partial charge in [0.1, 0.15) is 5.82 Å². The van der Waals surface area contributed by atoms with E-state index in [0.29, 0.717) is 31.3 Å². The van der Waals surface area contributed by atoms with Crippen LogP contribution in [-0.2, 0) is 16.1 Å². The second kappa shape index (κ2) is 7.54. The summed E-state index contributed by atoms with van der Waals surface area (Å²) >= 11 is 0. The predicted molar refractivity (Wildman–Crippen MR) is 94.0 cm³/mol. The third kappa shape index (κ3) is 4.02. The average Bonchev–Trinajstić information content (AvgIpc) is 2.98. The number of hydrogen-bond donors (Lipinski definition) is 1. The van der Waals surface area contributed by atoms with Gasteiger partial charge >= 0.3 is 0 Å². The predicted octanol–water partition coefficient (Wildman–Crippen LogP) is 3.12. The van der Waals surface area contributed by atoms with Gasteiger partial charge in [-0.2, -0.15) is 0 Å². The number of nitrogens with one attached hydrogen (secondary N) is 1. The van der Waals surface area contributed by atoms with E-state index in [-0.39, 0.29) is 29.6 Å². The molecule has 1 heterocycles. The number of halogens is 1. The summed E-state index contributed by atoms with van der Waals surface area (Å²) in [5.41, 5.74) is 0.852. The lowest BCUT2D eigenvalue weighted by Gasteiger charge is -2.40. The Balaban J connectivity index is 1.56. The molecule has 4 atom stereocenters. The Labute approximate surface area is 148 Å². The van der Waals surface area contributed by atoms with Crippen molar-refractivity contribution in [3.63, 3.8) is 0 Å². The van der Waals surface area contributed by atoms with Crippen LogP contribution in [0.1, 0.15) is 45.1 Å². The van der Waals surface area contributed by atoms with Gasteiger partial charge in [0.2, 0.25) is 11.8 Å². The fourth-order valence-electron chi connectivity index (χ4n) is 4.16. The number of carbonyl (C=O) groups is 2. The Bertz CT molecular complexity index is 631. The second-order valence-corrected chi connectivity index (χ2v) is 7.63. The molecular weight excluding hydrogens is 319 g/mol. The molecule has 1 aromatic rings. The average molecular weight is 346 g/mol. The largest absolute Gasteiger partial charge is 0.352 e. The third-order valence-electron chi connectivity index (χ3n) is 5.97. The molecule has 0 unspecified atom stereocenters. The summed E-state index contributed by atoms with van der Waals surface area (Å²) in [6.07, 6.45) is 3.72. The number of amides is 2. The van der Waals surface area contributed by atoms with Crippen LogP contribution in [0.3, 0.4) is 0 Å². The summed E-state index contributed by atoms with van der Waals surface area (Å²) in [5.74, 6) is 0.557.